The summed E-state index contributed by atoms with van der Waals surface area (Å²) >= 11 is 10.6. The quantitative estimate of drug-likeness (QED) is 0.407. The Labute approximate surface area is 58.2 Å². The molecule has 0 rings (SSSR count). The van der Waals surface area contributed by atoms with Gasteiger partial charge in [0.1, 0.15) is 10.3 Å². The Bertz CT molecular complexity index is 104. The van der Waals surface area contributed by atoms with E-state index in [1.54, 1.807) is 13.8 Å². The molecule has 0 aromatic carbocycles. The van der Waals surface area contributed by atoms with E-state index in [1.165, 1.54) is 0 Å². The highest BCUT2D eigenvalue weighted by molar-refractivity contribution is 6.66. The van der Waals surface area contributed by atoms with Crippen LogP contribution in [0.3, 0.4) is 0 Å². The first-order valence-corrected chi connectivity index (χ1v) is 2.78. The fraction of sp³-hybridized carbons (Fsp3) is 0.500. The van der Waals surface area contributed by atoms with Crippen LogP contribution in [0.4, 0.5) is 0 Å². The van der Waals surface area contributed by atoms with Gasteiger partial charge in [0, 0.05) is 0 Å². The van der Waals surface area contributed by atoms with Gasteiger partial charge >= 0.3 is 0 Å². The first-order valence-electron chi connectivity index (χ1n) is 2.03. The Kier molecular flexibility index (Phi) is 3.83. The predicted molar refractivity (Wildman–Crippen MR) is 37.9 cm³/mol. The monoisotopic (exact) mass is 152 g/mol. The van der Waals surface area contributed by atoms with Gasteiger partial charge in [0.2, 0.25) is 0 Å². The molecule has 2 nitrogen and oxygen atoms in total. The van der Waals surface area contributed by atoms with Crippen LogP contribution in [-0.2, 0) is 0 Å². The Morgan fingerprint density at radius 2 is 1.25 bits per heavy atom. The van der Waals surface area contributed by atoms with Crippen molar-refractivity contribution in [3.63, 3.8) is 0 Å². The van der Waals surface area contributed by atoms with E-state index in [1.807, 2.05) is 0 Å². The molecule has 4 heteroatoms. The van der Waals surface area contributed by atoms with Gasteiger partial charge in [-0.1, -0.05) is 23.2 Å². The smallest absolute Gasteiger partial charge is 0.125 e. The molecule has 0 aromatic heterocycles. The zero-order valence-corrected chi connectivity index (χ0v) is 6.16. The molecule has 0 heterocycles. The molecular weight excluding hydrogens is 147 g/mol. The molecule has 0 atom stereocenters. The number of rotatable bonds is 1. The maximum Gasteiger partial charge on any atom is 0.125 e. The molecule has 0 unspecified atom stereocenters. The summed E-state index contributed by atoms with van der Waals surface area (Å²) in [6.45, 7) is 3.26. The molecular formula is C4H6Cl2N2. The van der Waals surface area contributed by atoms with Gasteiger partial charge in [-0.25, -0.2) is 0 Å². The second-order valence-electron chi connectivity index (χ2n) is 1.19. The average Bonchev–Trinajstić information content (AvgIpc) is 1.61. The number of hydrogen-bond acceptors (Lipinski definition) is 2. The van der Waals surface area contributed by atoms with Gasteiger partial charge in [0.15, 0.2) is 0 Å². The average molecular weight is 153 g/mol. The summed E-state index contributed by atoms with van der Waals surface area (Å²) < 4.78 is 0. The third-order valence-electron chi connectivity index (χ3n) is 0.326. The van der Waals surface area contributed by atoms with Crippen molar-refractivity contribution in [2.75, 3.05) is 0 Å². The van der Waals surface area contributed by atoms with Crippen molar-refractivity contribution < 1.29 is 0 Å². The number of halogens is 2. The Hall–Kier alpha value is -0.0800. The van der Waals surface area contributed by atoms with Crippen molar-refractivity contribution in [2.45, 2.75) is 13.8 Å². The highest BCUT2D eigenvalue weighted by Gasteiger charge is 1.78. The van der Waals surface area contributed by atoms with Crippen molar-refractivity contribution >= 4 is 33.5 Å². The lowest BCUT2D eigenvalue weighted by Gasteiger charge is -1.79. The van der Waals surface area contributed by atoms with E-state index in [2.05, 4.69) is 10.2 Å². The highest BCUT2D eigenvalue weighted by atomic mass is 35.5. The summed E-state index contributed by atoms with van der Waals surface area (Å²) in [4.78, 5) is 0. The molecule has 0 spiro atoms. The molecule has 0 amide bonds. The van der Waals surface area contributed by atoms with Gasteiger partial charge in [-0.3, -0.25) is 0 Å². The van der Waals surface area contributed by atoms with Crippen LogP contribution in [0.15, 0.2) is 10.2 Å². The van der Waals surface area contributed by atoms with Crippen molar-refractivity contribution in [1.29, 1.82) is 0 Å². The van der Waals surface area contributed by atoms with Crippen molar-refractivity contribution in [3.05, 3.63) is 0 Å². The molecule has 0 aliphatic heterocycles. The Morgan fingerprint density at radius 1 is 1.00 bits per heavy atom. The summed E-state index contributed by atoms with van der Waals surface area (Å²) in [5.74, 6) is 0. The first-order chi connectivity index (χ1) is 3.63. The van der Waals surface area contributed by atoms with Crippen LogP contribution in [0.2, 0.25) is 0 Å². The molecule has 0 aliphatic rings. The molecule has 0 N–H and O–H groups in total. The summed E-state index contributed by atoms with van der Waals surface area (Å²) in [5, 5.41) is 7.68. The molecule has 0 fully saturated rings. The largest absolute Gasteiger partial charge is 0.142 e. The van der Waals surface area contributed by atoms with E-state index in [9.17, 15) is 0 Å². The van der Waals surface area contributed by atoms with Gasteiger partial charge in [0.25, 0.3) is 0 Å². The second-order valence-corrected chi connectivity index (χ2v) is 2.29. The molecule has 0 saturated heterocycles. The zero-order chi connectivity index (χ0) is 6.57. The minimum absolute atomic E-state index is 0.380. The lowest BCUT2D eigenvalue weighted by Crippen LogP contribution is -1.75. The van der Waals surface area contributed by atoms with E-state index in [4.69, 9.17) is 23.2 Å². The maximum absolute atomic E-state index is 5.31. The lowest BCUT2D eigenvalue weighted by molar-refractivity contribution is 1.25. The fourth-order valence-corrected chi connectivity index (χ4v) is 0.213. The van der Waals surface area contributed by atoms with Gasteiger partial charge in [-0.2, -0.15) is 0 Å². The van der Waals surface area contributed by atoms with Crippen LogP contribution >= 0.6 is 23.2 Å². The zero-order valence-electron chi connectivity index (χ0n) is 4.65. The van der Waals surface area contributed by atoms with Crippen LogP contribution in [0.5, 0.6) is 0 Å². The predicted octanol–water partition coefficient (Wildman–Crippen LogP) is 2.22. The third-order valence-corrected chi connectivity index (χ3v) is 0.477. The van der Waals surface area contributed by atoms with Gasteiger partial charge in [-0.15, -0.1) is 10.2 Å². The second kappa shape index (κ2) is 3.87. The molecule has 8 heavy (non-hydrogen) atoms. The summed E-state index contributed by atoms with van der Waals surface area (Å²) in [7, 11) is 0. The minimum Gasteiger partial charge on any atom is -0.142 e. The number of hydrogen-bond donors (Lipinski definition) is 0. The number of nitrogens with zero attached hydrogens (tertiary/aromatic N) is 2. The fourth-order valence-electron chi connectivity index (χ4n) is 0.138. The van der Waals surface area contributed by atoms with E-state index in [0.29, 0.717) is 10.3 Å². The van der Waals surface area contributed by atoms with Crippen LogP contribution in [0.25, 0.3) is 0 Å². The lowest BCUT2D eigenvalue weighted by atomic mass is 10.9. The van der Waals surface area contributed by atoms with Crippen molar-refractivity contribution in [3.8, 4) is 0 Å². The Morgan fingerprint density at radius 3 is 1.38 bits per heavy atom. The molecule has 0 aliphatic carbocycles. The molecule has 0 saturated carbocycles. The topological polar surface area (TPSA) is 24.7 Å². The summed E-state index contributed by atoms with van der Waals surface area (Å²) in [5.41, 5.74) is 0. The molecule has 0 aromatic rings. The normalized spacial score (nSPS) is 14.5. The SMILES string of the molecule is C/C(Cl)=N/N=C(/C)Cl. The first kappa shape index (κ1) is 7.92. The standard InChI is InChI=1S/C4H6Cl2N2/c1-3(5)7-8-4(2)6/h1-2H3/b7-3-,8-4-. The van der Waals surface area contributed by atoms with E-state index < -0.39 is 0 Å². The third kappa shape index (κ3) is 5.92. The van der Waals surface area contributed by atoms with Crippen molar-refractivity contribution in [2.24, 2.45) is 10.2 Å². The van der Waals surface area contributed by atoms with Gasteiger partial charge in [-0.05, 0) is 13.8 Å². The van der Waals surface area contributed by atoms with Gasteiger partial charge < -0.3 is 0 Å². The molecule has 46 valence electrons. The van der Waals surface area contributed by atoms with Crippen LogP contribution in [0.1, 0.15) is 13.8 Å². The van der Waals surface area contributed by atoms with E-state index in [-0.39, 0.29) is 0 Å². The highest BCUT2D eigenvalue weighted by Crippen LogP contribution is 1.88. The van der Waals surface area contributed by atoms with Crippen LogP contribution in [0, 0.1) is 0 Å². The van der Waals surface area contributed by atoms with Crippen LogP contribution < -0.4 is 0 Å². The minimum atomic E-state index is 0.380. The van der Waals surface area contributed by atoms with E-state index in [0.717, 1.165) is 0 Å². The molecule has 0 bridgehead atoms. The summed E-state index contributed by atoms with van der Waals surface area (Å²) in [6.07, 6.45) is 0. The van der Waals surface area contributed by atoms with E-state index >= 15 is 0 Å². The van der Waals surface area contributed by atoms with Crippen LogP contribution in [-0.4, -0.2) is 10.3 Å². The molecule has 0 radical (unpaired) electrons. The summed E-state index contributed by atoms with van der Waals surface area (Å²) in [6, 6.07) is 0. The van der Waals surface area contributed by atoms with Gasteiger partial charge in [0.05, 0.1) is 0 Å². The van der Waals surface area contributed by atoms with Crippen molar-refractivity contribution in [1.82, 2.24) is 0 Å². The maximum atomic E-state index is 5.31. The Balaban J connectivity index is 3.76.